The topological polar surface area (TPSA) is 66.8 Å². The van der Waals surface area contributed by atoms with Crippen LogP contribution >= 0.6 is 11.3 Å². The standard InChI is InChI=1S/C27H22N6S/c1-16-31-23-13-20(6-9-25(23)34-16)33(3)24-8-5-18-14-29-11-10-21(18)26(24)17-4-7-22-19(12-17)15-30-27(28-2)32-22/h4-15H,1-3H3,(H,28,30,32). The number of nitrogens with one attached hydrogen (secondary N) is 1. The Bertz CT molecular complexity index is 1690. The number of anilines is 3. The lowest BCUT2D eigenvalue weighted by Gasteiger charge is -2.24. The molecule has 0 atom stereocenters. The van der Waals surface area contributed by atoms with Crippen LogP contribution in [-0.4, -0.2) is 34.0 Å². The van der Waals surface area contributed by atoms with E-state index in [4.69, 9.17) is 4.98 Å². The van der Waals surface area contributed by atoms with E-state index in [1.165, 1.54) is 4.70 Å². The molecule has 3 heterocycles. The number of aromatic nitrogens is 4. The molecule has 3 aromatic carbocycles. The van der Waals surface area contributed by atoms with Crippen molar-refractivity contribution < 1.29 is 0 Å². The second kappa shape index (κ2) is 8.04. The van der Waals surface area contributed by atoms with Gasteiger partial charge < -0.3 is 10.2 Å². The molecule has 0 unspecified atom stereocenters. The molecule has 1 N–H and O–H groups in total. The van der Waals surface area contributed by atoms with Crippen LogP contribution in [0.25, 0.3) is 43.0 Å². The van der Waals surface area contributed by atoms with Crippen LogP contribution in [0.3, 0.4) is 0 Å². The average molecular weight is 463 g/mol. The molecule has 34 heavy (non-hydrogen) atoms. The molecule has 6 rings (SSSR count). The lowest BCUT2D eigenvalue weighted by atomic mass is 9.95. The average Bonchev–Trinajstić information content (AvgIpc) is 3.26. The fourth-order valence-electron chi connectivity index (χ4n) is 4.43. The number of pyridine rings is 1. The van der Waals surface area contributed by atoms with Gasteiger partial charge in [-0.3, -0.25) is 4.98 Å². The molecular weight excluding hydrogens is 440 g/mol. The van der Waals surface area contributed by atoms with Gasteiger partial charge in [-0.25, -0.2) is 15.0 Å². The van der Waals surface area contributed by atoms with Crippen molar-refractivity contribution >= 4 is 60.6 Å². The number of aryl methyl sites for hydroxylation is 1. The third-order valence-electron chi connectivity index (χ3n) is 6.12. The molecule has 0 saturated heterocycles. The summed E-state index contributed by atoms with van der Waals surface area (Å²) in [7, 11) is 3.93. The van der Waals surface area contributed by atoms with Gasteiger partial charge in [0.25, 0.3) is 0 Å². The maximum atomic E-state index is 4.69. The van der Waals surface area contributed by atoms with Gasteiger partial charge in [0.1, 0.15) is 0 Å². The summed E-state index contributed by atoms with van der Waals surface area (Å²) in [6.07, 6.45) is 5.63. The highest BCUT2D eigenvalue weighted by molar-refractivity contribution is 7.18. The van der Waals surface area contributed by atoms with Crippen molar-refractivity contribution in [3.63, 3.8) is 0 Å². The van der Waals surface area contributed by atoms with E-state index in [1.54, 1.807) is 11.3 Å². The van der Waals surface area contributed by atoms with E-state index in [0.29, 0.717) is 5.95 Å². The van der Waals surface area contributed by atoms with Crippen LogP contribution in [0.1, 0.15) is 5.01 Å². The Balaban J connectivity index is 1.56. The quantitative estimate of drug-likeness (QED) is 0.319. The summed E-state index contributed by atoms with van der Waals surface area (Å²) in [6, 6.07) is 19.2. The van der Waals surface area contributed by atoms with E-state index < -0.39 is 0 Å². The first kappa shape index (κ1) is 20.5. The third kappa shape index (κ3) is 3.41. The molecule has 3 aromatic heterocycles. The minimum absolute atomic E-state index is 0.615. The van der Waals surface area contributed by atoms with Gasteiger partial charge in [0.05, 0.1) is 20.7 Å². The summed E-state index contributed by atoms with van der Waals surface area (Å²) in [4.78, 5) is 20.2. The maximum Gasteiger partial charge on any atom is 0.222 e. The summed E-state index contributed by atoms with van der Waals surface area (Å²) >= 11 is 1.72. The molecule has 0 aliphatic heterocycles. The molecule has 6 aromatic rings. The number of thiazole rings is 1. The molecular formula is C27H22N6S. The minimum Gasteiger partial charge on any atom is -0.357 e. The number of hydrogen-bond acceptors (Lipinski definition) is 7. The van der Waals surface area contributed by atoms with Crippen molar-refractivity contribution in [2.24, 2.45) is 0 Å². The number of hydrogen-bond donors (Lipinski definition) is 1. The first-order chi connectivity index (χ1) is 16.6. The summed E-state index contributed by atoms with van der Waals surface area (Å²) in [5, 5.41) is 7.33. The van der Waals surface area contributed by atoms with Crippen LogP contribution in [0, 0.1) is 6.92 Å². The molecule has 0 amide bonds. The molecule has 166 valence electrons. The summed E-state index contributed by atoms with van der Waals surface area (Å²) < 4.78 is 1.20. The zero-order chi connectivity index (χ0) is 23.2. The highest BCUT2D eigenvalue weighted by Gasteiger charge is 2.16. The van der Waals surface area contributed by atoms with Crippen molar-refractivity contribution in [2.45, 2.75) is 6.92 Å². The molecule has 0 spiro atoms. The molecule has 6 nitrogen and oxygen atoms in total. The van der Waals surface area contributed by atoms with E-state index in [-0.39, 0.29) is 0 Å². The smallest absolute Gasteiger partial charge is 0.222 e. The van der Waals surface area contributed by atoms with Crippen molar-refractivity contribution in [2.75, 3.05) is 24.3 Å². The summed E-state index contributed by atoms with van der Waals surface area (Å²) in [5.74, 6) is 0.615. The van der Waals surface area contributed by atoms with Crippen LogP contribution in [0.15, 0.2) is 73.2 Å². The molecule has 0 fully saturated rings. The molecule has 0 bridgehead atoms. The predicted octanol–water partition coefficient (Wildman–Crippen LogP) is 6.57. The second-order valence-corrected chi connectivity index (χ2v) is 9.45. The van der Waals surface area contributed by atoms with Gasteiger partial charge in [-0.2, -0.15) is 0 Å². The number of rotatable bonds is 4. The van der Waals surface area contributed by atoms with Crippen LogP contribution < -0.4 is 10.2 Å². The molecule has 7 heteroatoms. The molecule has 0 aliphatic carbocycles. The van der Waals surface area contributed by atoms with Crippen molar-refractivity contribution in [3.05, 3.63) is 78.2 Å². The second-order valence-electron chi connectivity index (χ2n) is 8.22. The molecule has 0 saturated carbocycles. The van der Waals surface area contributed by atoms with Crippen LogP contribution in [0.4, 0.5) is 17.3 Å². The Labute approximate surface area is 201 Å². The van der Waals surface area contributed by atoms with Gasteiger partial charge in [0, 0.05) is 60.4 Å². The van der Waals surface area contributed by atoms with Crippen molar-refractivity contribution in [1.82, 2.24) is 19.9 Å². The van der Waals surface area contributed by atoms with Gasteiger partial charge in [-0.05, 0) is 60.3 Å². The lowest BCUT2D eigenvalue weighted by molar-refractivity contribution is 1.19. The fourth-order valence-corrected chi connectivity index (χ4v) is 5.24. The Morgan fingerprint density at radius 3 is 2.68 bits per heavy atom. The van der Waals surface area contributed by atoms with E-state index in [0.717, 1.165) is 54.7 Å². The van der Waals surface area contributed by atoms with Gasteiger partial charge in [0.2, 0.25) is 5.95 Å². The monoisotopic (exact) mass is 462 g/mol. The normalized spacial score (nSPS) is 11.4. The highest BCUT2D eigenvalue weighted by Crippen LogP contribution is 2.41. The van der Waals surface area contributed by atoms with Crippen molar-refractivity contribution in [3.8, 4) is 11.1 Å². The zero-order valence-electron chi connectivity index (χ0n) is 19.1. The Morgan fingerprint density at radius 1 is 0.882 bits per heavy atom. The highest BCUT2D eigenvalue weighted by atomic mass is 32.1. The van der Waals surface area contributed by atoms with E-state index >= 15 is 0 Å². The van der Waals surface area contributed by atoms with Gasteiger partial charge in [0.15, 0.2) is 0 Å². The SMILES string of the molecule is CNc1ncc2cc(-c3c(N(C)c4ccc5sc(C)nc5c4)ccc4cnccc34)ccc2n1. The van der Waals surface area contributed by atoms with Gasteiger partial charge >= 0.3 is 0 Å². The first-order valence-corrected chi connectivity index (χ1v) is 11.8. The Kier molecular flexibility index (Phi) is 4.85. The number of nitrogens with zero attached hydrogens (tertiary/aromatic N) is 5. The first-order valence-electron chi connectivity index (χ1n) is 11.0. The minimum atomic E-state index is 0.615. The van der Waals surface area contributed by atoms with E-state index in [9.17, 15) is 0 Å². The van der Waals surface area contributed by atoms with E-state index in [2.05, 4.69) is 86.8 Å². The third-order valence-corrected chi connectivity index (χ3v) is 7.07. The van der Waals surface area contributed by atoms with Gasteiger partial charge in [-0.1, -0.05) is 12.1 Å². The van der Waals surface area contributed by atoms with Crippen molar-refractivity contribution in [1.29, 1.82) is 0 Å². The maximum absolute atomic E-state index is 4.69. The largest absolute Gasteiger partial charge is 0.357 e. The lowest BCUT2D eigenvalue weighted by Crippen LogP contribution is -2.11. The molecule has 0 aliphatic rings. The summed E-state index contributed by atoms with van der Waals surface area (Å²) in [6.45, 7) is 2.05. The summed E-state index contributed by atoms with van der Waals surface area (Å²) in [5.41, 5.74) is 6.40. The van der Waals surface area contributed by atoms with Crippen LogP contribution in [0.5, 0.6) is 0 Å². The fraction of sp³-hybridized carbons (Fsp3) is 0.111. The van der Waals surface area contributed by atoms with E-state index in [1.807, 2.05) is 32.6 Å². The van der Waals surface area contributed by atoms with Crippen LogP contribution in [0.2, 0.25) is 0 Å². The number of benzene rings is 3. The predicted molar refractivity (Wildman–Crippen MR) is 142 cm³/mol. The number of fused-ring (bicyclic) bond motifs is 3. The molecule has 0 radical (unpaired) electrons. The van der Waals surface area contributed by atoms with Crippen LogP contribution in [-0.2, 0) is 0 Å². The van der Waals surface area contributed by atoms with Gasteiger partial charge in [-0.15, -0.1) is 11.3 Å². The zero-order valence-corrected chi connectivity index (χ0v) is 19.9. The Morgan fingerprint density at radius 2 is 1.79 bits per heavy atom. The Hall–Kier alpha value is -4.10.